The van der Waals surface area contributed by atoms with Gasteiger partial charge in [0, 0.05) is 40.4 Å². The van der Waals surface area contributed by atoms with Crippen LogP contribution >= 0.6 is 34.7 Å². The van der Waals surface area contributed by atoms with Gasteiger partial charge in [0.15, 0.2) is 0 Å². The van der Waals surface area contributed by atoms with Gasteiger partial charge in [0.05, 0.1) is 16.8 Å². The Morgan fingerprint density at radius 2 is 2.15 bits per heavy atom. The summed E-state index contributed by atoms with van der Waals surface area (Å²) in [5.41, 5.74) is 1.86. The van der Waals surface area contributed by atoms with Crippen molar-refractivity contribution < 1.29 is 4.79 Å². The van der Waals surface area contributed by atoms with Crippen LogP contribution in [0.4, 0.5) is 0 Å². The van der Waals surface area contributed by atoms with Crippen molar-refractivity contribution in [3.63, 3.8) is 0 Å². The van der Waals surface area contributed by atoms with Crippen LogP contribution < -0.4 is 5.32 Å². The number of nitrogens with zero attached hydrogens (tertiary/aromatic N) is 2. The largest absolute Gasteiger partial charge is 0.347 e. The van der Waals surface area contributed by atoms with Crippen LogP contribution in [-0.4, -0.2) is 21.6 Å². The van der Waals surface area contributed by atoms with Crippen molar-refractivity contribution >= 4 is 40.6 Å². The van der Waals surface area contributed by atoms with Crippen LogP contribution in [0.2, 0.25) is 5.02 Å². The van der Waals surface area contributed by atoms with Gasteiger partial charge in [0.25, 0.3) is 0 Å². The lowest BCUT2D eigenvalue weighted by Gasteiger charge is -2.11. The number of benzene rings is 1. The van der Waals surface area contributed by atoms with Gasteiger partial charge in [-0.05, 0) is 31.2 Å². The van der Waals surface area contributed by atoms with E-state index < -0.39 is 0 Å². The summed E-state index contributed by atoms with van der Waals surface area (Å²) in [7, 11) is 0. The van der Waals surface area contributed by atoms with Crippen molar-refractivity contribution in [1.29, 1.82) is 0 Å². The first-order chi connectivity index (χ1) is 12.6. The van der Waals surface area contributed by atoms with Gasteiger partial charge >= 0.3 is 0 Å². The Bertz CT molecular complexity index is 870. The number of hydrogen-bond acceptors (Lipinski definition) is 5. The summed E-state index contributed by atoms with van der Waals surface area (Å²) in [6.45, 7) is 1.95. The molecule has 0 spiro atoms. The van der Waals surface area contributed by atoms with Crippen molar-refractivity contribution in [2.75, 3.05) is 5.75 Å². The lowest BCUT2D eigenvalue weighted by atomic mass is 10.2. The summed E-state index contributed by atoms with van der Waals surface area (Å²) in [6.07, 6.45) is 3.95. The highest BCUT2D eigenvalue weighted by Crippen LogP contribution is 2.27. The number of rotatable bonds is 7. The number of aromatic nitrogens is 2. The summed E-state index contributed by atoms with van der Waals surface area (Å²) in [4.78, 5) is 21.9. The molecule has 3 aromatic rings. The molecule has 0 radical (unpaired) electrons. The summed E-state index contributed by atoms with van der Waals surface area (Å²) in [6, 6.07) is 11.4. The molecule has 1 N–H and O–H groups in total. The second kappa shape index (κ2) is 9.16. The fourth-order valence-corrected chi connectivity index (χ4v) is 4.35. The first-order valence-corrected chi connectivity index (χ1v) is 10.4. The molecule has 0 bridgehead atoms. The van der Waals surface area contributed by atoms with Crippen LogP contribution in [0.5, 0.6) is 0 Å². The minimum absolute atomic E-state index is 0.00943. The standard InChI is InChI=1S/C19H18ClN3OS2/c1-13(19-23-16(12-26-19)14-5-4-9-21-11-14)22-18(24)8-10-25-17-7-3-2-6-15(17)20/h2-7,9,11-13H,8,10H2,1H3,(H,22,24). The van der Waals surface area contributed by atoms with E-state index in [-0.39, 0.29) is 11.9 Å². The molecule has 4 nitrogen and oxygen atoms in total. The molecular formula is C19H18ClN3OS2. The summed E-state index contributed by atoms with van der Waals surface area (Å²) in [5.74, 6) is 0.691. The molecular weight excluding hydrogens is 386 g/mol. The third-order valence-corrected chi connectivity index (χ3v) is 6.19. The minimum atomic E-state index is -0.122. The third-order valence-electron chi connectivity index (χ3n) is 3.65. The maximum absolute atomic E-state index is 12.2. The quantitative estimate of drug-likeness (QED) is 0.549. The number of thioether (sulfide) groups is 1. The number of hydrogen-bond donors (Lipinski definition) is 1. The van der Waals surface area contributed by atoms with E-state index in [0.29, 0.717) is 12.2 Å². The van der Waals surface area contributed by atoms with Crippen LogP contribution in [0, 0.1) is 0 Å². The molecule has 1 amide bonds. The molecule has 2 aromatic heterocycles. The number of amides is 1. The first kappa shape index (κ1) is 18.9. The molecule has 0 fully saturated rings. The molecule has 2 heterocycles. The number of carbonyl (C=O) groups excluding carboxylic acids is 1. The van der Waals surface area contributed by atoms with Gasteiger partial charge in [-0.2, -0.15) is 0 Å². The predicted molar refractivity (Wildman–Crippen MR) is 109 cm³/mol. The van der Waals surface area contributed by atoms with Gasteiger partial charge in [0.2, 0.25) is 5.91 Å². The van der Waals surface area contributed by atoms with Gasteiger partial charge < -0.3 is 5.32 Å². The smallest absolute Gasteiger partial charge is 0.221 e. The molecule has 0 aliphatic rings. The molecule has 26 heavy (non-hydrogen) atoms. The second-order valence-corrected chi connectivity index (χ2v) is 8.06. The van der Waals surface area contributed by atoms with Crippen molar-refractivity contribution in [2.45, 2.75) is 24.3 Å². The average Bonchev–Trinajstić information content (AvgIpc) is 3.14. The maximum atomic E-state index is 12.2. The van der Waals surface area contributed by atoms with E-state index in [1.165, 1.54) is 0 Å². The van der Waals surface area contributed by atoms with E-state index in [0.717, 1.165) is 26.2 Å². The third kappa shape index (κ3) is 5.06. The Hall–Kier alpha value is -1.89. The maximum Gasteiger partial charge on any atom is 0.221 e. The lowest BCUT2D eigenvalue weighted by Crippen LogP contribution is -2.26. The van der Waals surface area contributed by atoms with Crippen LogP contribution in [0.15, 0.2) is 59.1 Å². The number of nitrogens with one attached hydrogen (secondary N) is 1. The van der Waals surface area contributed by atoms with Crippen molar-refractivity contribution in [3.05, 3.63) is 64.2 Å². The lowest BCUT2D eigenvalue weighted by molar-refractivity contribution is -0.121. The van der Waals surface area contributed by atoms with E-state index in [1.807, 2.05) is 48.7 Å². The molecule has 0 saturated carbocycles. The number of halogens is 1. The SMILES string of the molecule is CC(NC(=O)CCSc1ccccc1Cl)c1nc(-c2cccnc2)cs1. The Kier molecular flexibility index (Phi) is 6.66. The molecule has 1 aromatic carbocycles. The molecule has 1 atom stereocenters. The number of pyridine rings is 1. The fraction of sp³-hybridized carbons (Fsp3) is 0.211. The molecule has 0 aliphatic carbocycles. The Balaban J connectivity index is 1.50. The summed E-state index contributed by atoms with van der Waals surface area (Å²) >= 11 is 9.25. The zero-order valence-electron chi connectivity index (χ0n) is 14.2. The molecule has 1 unspecified atom stereocenters. The topological polar surface area (TPSA) is 54.9 Å². The molecule has 7 heteroatoms. The Morgan fingerprint density at radius 1 is 1.31 bits per heavy atom. The van der Waals surface area contributed by atoms with Crippen LogP contribution in [0.1, 0.15) is 24.4 Å². The predicted octanol–water partition coefficient (Wildman–Crippen LogP) is 5.22. The first-order valence-electron chi connectivity index (χ1n) is 8.16. The van der Waals surface area contributed by atoms with Gasteiger partial charge in [-0.3, -0.25) is 9.78 Å². The zero-order valence-corrected chi connectivity index (χ0v) is 16.6. The van der Waals surface area contributed by atoms with Crippen molar-refractivity contribution in [1.82, 2.24) is 15.3 Å². The molecule has 0 saturated heterocycles. The van der Waals surface area contributed by atoms with Gasteiger partial charge in [-0.1, -0.05) is 23.7 Å². The average molecular weight is 404 g/mol. The molecule has 0 aliphatic heterocycles. The van der Waals surface area contributed by atoms with Gasteiger partial charge in [-0.15, -0.1) is 23.1 Å². The zero-order chi connectivity index (χ0) is 18.4. The van der Waals surface area contributed by atoms with E-state index in [2.05, 4.69) is 15.3 Å². The summed E-state index contributed by atoms with van der Waals surface area (Å²) < 4.78 is 0. The van der Waals surface area contributed by atoms with E-state index >= 15 is 0 Å². The molecule has 3 rings (SSSR count). The van der Waals surface area contributed by atoms with Crippen molar-refractivity contribution in [2.24, 2.45) is 0 Å². The number of thiazole rings is 1. The van der Waals surface area contributed by atoms with Gasteiger partial charge in [0.1, 0.15) is 5.01 Å². The van der Waals surface area contributed by atoms with Gasteiger partial charge in [-0.25, -0.2) is 4.98 Å². The monoisotopic (exact) mass is 403 g/mol. The fourth-order valence-electron chi connectivity index (χ4n) is 2.32. The Morgan fingerprint density at radius 3 is 2.92 bits per heavy atom. The molecule has 134 valence electrons. The highest BCUT2D eigenvalue weighted by Gasteiger charge is 2.14. The second-order valence-electron chi connectivity index (χ2n) is 5.63. The van der Waals surface area contributed by atoms with Crippen LogP contribution in [0.3, 0.4) is 0 Å². The minimum Gasteiger partial charge on any atom is -0.347 e. The summed E-state index contributed by atoms with van der Waals surface area (Å²) in [5, 5.41) is 6.60. The Labute approximate surface area is 166 Å². The van der Waals surface area contributed by atoms with E-state index in [9.17, 15) is 4.79 Å². The van der Waals surface area contributed by atoms with E-state index in [1.54, 1.807) is 35.5 Å². The van der Waals surface area contributed by atoms with Crippen molar-refractivity contribution in [3.8, 4) is 11.3 Å². The van der Waals surface area contributed by atoms with E-state index in [4.69, 9.17) is 11.6 Å². The highest BCUT2D eigenvalue weighted by molar-refractivity contribution is 7.99. The van der Waals surface area contributed by atoms with Crippen LogP contribution in [-0.2, 0) is 4.79 Å². The van der Waals surface area contributed by atoms with Crippen LogP contribution in [0.25, 0.3) is 11.3 Å². The number of carbonyl (C=O) groups is 1. The normalized spacial score (nSPS) is 11.9. The highest BCUT2D eigenvalue weighted by atomic mass is 35.5.